The lowest BCUT2D eigenvalue weighted by Crippen LogP contribution is -2.31. The number of rotatable bonds is 7. The first-order valence-corrected chi connectivity index (χ1v) is 7.70. The van der Waals surface area contributed by atoms with E-state index in [1.54, 1.807) is 30.1 Å². The summed E-state index contributed by atoms with van der Waals surface area (Å²) in [6.07, 6.45) is 0. The molecule has 0 heterocycles. The third-order valence-electron chi connectivity index (χ3n) is 2.66. The Morgan fingerprint density at radius 1 is 1.25 bits per heavy atom. The molecule has 0 aliphatic heterocycles. The Kier molecular flexibility index (Phi) is 6.85. The molecule has 1 amide bonds. The molecule has 0 aliphatic carbocycles. The van der Waals surface area contributed by atoms with Crippen molar-refractivity contribution in [2.75, 3.05) is 26.8 Å². The number of hydrogen-bond acceptors (Lipinski definition) is 3. The predicted octanol–water partition coefficient (Wildman–Crippen LogP) is 3.34. The van der Waals surface area contributed by atoms with E-state index in [0.29, 0.717) is 36.8 Å². The molecule has 1 aromatic carbocycles. The zero-order chi connectivity index (χ0) is 15.1. The summed E-state index contributed by atoms with van der Waals surface area (Å²) >= 11 is 3.45. The molecule has 1 unspecified atom stereocenters. The van der Waals surface area contributed by atoms with Crippen molar-refractivity contribution in [3.05, 3.63) is 23.8 Å². The van der Waals surface area contributed by atoms with E-state index in [0.717, 1.165) is 0 Å². The molecule has 4 nitrogen and oxygen atoms in total. The van der Waals surface area contributed by atoms with Gasteiger partial charge in [0, 0.05) is 24.0 Å². The average Bonchev–Trinajstić information content (AvgIpc) is 2.39. The fourth-order valence-electron chi connectivity index (χ4n) is 1.86. The average molecular weight is 344 g/mol. The van der Waals surface area contributed by atoms with Crippen LogP contribution in [-0.4, -0.2) is 42.4 Å². The summed E-state index contributed by atoms with van der Waals surface area (Å²) < 4.78 is 11.0. The summed E-state index contributed by atoms with van der Waals surface area (Å²) in [5.41, 5.74) is 0.604. The maximum Gasteiger partial charge on any atom is 0.253 e. The first kappa shape index (κ1) is 16.8. The number of ether oxygens (including phenoxy) is 2. The lowest BCUT2D eigenvalue weighted by atomic mass is 10.1. The van der Waals surface area contributed by atoms with Gasteiger partial charge in [0.05, 0.1) is 13.2 Å². The van der Waals surface area contributed by atoms with E-state index in [9.17, 15) is 4.79 Å². The molecule has 0 bridgehead atoms. The molecular formula is C15H22BrNO3. The maximum atomic E-state index is 12.3. The van der Waals surface area contributed by atoms with E-state index in [4.69, 9.17) is 9.47 Å². The maximum absolute atomic E-state index is 12.3. The number of carbonyl (C=O) groups excluding carboxylic acids is 1. The molecule has 0 saturated carbocycles. The highest BCUT2D eigenvalue weighted by Crippen LogP contribution is 2.29. The van der Waals surface area contributed by atoms with Gasteiger partial charge in [0.15, 0.2) is 11.5 Å². The SMILES string of the molecule is CCOc1ccc(C(=O)N(C)CC(C)Br)cc1OCC. The fraction of sp³-hybridized carbons (Fsp3) is 0.533. The van der Waals surface area contributed by atoms with Crippen molar-refractivity contribution in [3.8, 4) is 11.5 Å². The van der Waals surface area contributed by atoms with Crippen LogP contribution in [0.4, 0.5) is 0 Å². The summed E-state index contributed by atoms with van der Waals surface area (Å²) in [6, 6.07) is 5.30. The van der Waals surface area contributed by atoms with E-state index in [2.05, 4.69) is 15.9 Å². The molecule has 0 fully saturated rings. The summed E-state index contributed by atoms with van der Waals surface area (Å²) in [7, 11) is 1.79. The van der Waals surface area contributed by atoms with Crippen molar-refractivity contribution < 1.29 is 14.3 Å². The number of benzene rings is 1. The molecule has 112 valence electrons. The van der Waals surface area contributed by atoms with Gasteiger partial charge >= 0.3 is 0 Å². The topological polar surface area (TPSA) is 38.8 Å². The lowest BCUT2D eigenvalue weighted by molar-refractivity contribution is 0.0797. The van der Waals surface area contributed by atoms with Crippen molar-refractivity contribution >= 4 is 21.8 Å². The van der Waals surface area contributed by atoms with Crippen molar-refractivity contribution in [2.45, 2.75) is 25.6 Å². The normalized spacial score (nSPS) is 11.8. The third-order valence-corrected chi connectivity index (χ3v) is 2.95. The second-order valence-electron chi connectivity index (χ2n) is 4.49. The van der Waals surface area contributed by atoms with Gasteiger partial charge in [0.25, 0.3) is 5.91 Å². The van der Waals surface area contributed by atoms with Crippen molar-refractivity contribution in [2.24, 2.45) is 0 Å². The molecular weight excluding hydrogens is 322 g/mol. The largest absolute Gasteiger partial charge is 0.490 e. The molecule has 20 heavy (non-hydrogen) atoms. The van der Waals surface area contributed by atoms with Crippen molar-refractivity contribution in [1.82, 2.24) is 4.90 Å². The van der Waals surface area contributed by atoms with Gasteiger partial charge in [-0.3, -0.25) is 4.79 Å². The van der Waals surface area contributed by atoms with Crippen LogP contribution in [0.3, 0.4) is 0 Å². The number of carbonyl (C=O) groups is 1. The Morgan fingerprint density at radius 2 is 1.85 bits per heavy atom. The predicted molar refractivity (Wildman–Crippen MR) is 84.1 cm³/mol. The molecule has 1 aromatic rings. The minimum atomic E-state index is -0.0275. The monoisotopic (exact) mass is 343 g/mol. The van der Waals surface area contributed by atoms with E-state index >= 15 is 0 Å². The van der Waals surface area contributed by atoms with E-state index in [1.165, 1.54) is 0 Å². The first-order valence-electron chi connectivity index (χ1n) is 6.78. The van der Waals surface area contributed by atoms with Crippen molar-refractivity contribution in [1.29, 1.82) is 0 Å². The third kappa shape index (κ3) is 4.71. The van der Waals surface area contributed by atoms with Crippen LogP contribution in [0.5, 0.6) is 11.5 Å². The van der Waals surface area contributed by atoms with Crippen LogP contribution in [-0.2, 0) is 0 Å². The Hall–Kier alpha value is -1.23. The highest BCUT2D eigenvalue weighted by Gasteiger charge is 2.16. The van der Waals surface area contributed by atoms with Gasteiger partial charge < -0.3 is 14.4 Å². The molecule has 0 aliphatic rings. The van der Waals surface area contributed by atoms with Crippen molar-refractivity contribution in [3.63, 3.8) is 0 Å². The van der Waals surface area contributed by atoms with Crippen LogP contribution >= 0.6 is 15.9 Å². The standard InChI is InChI=1S/C15H22BrNO3/c1-5-19-13-8-7-12(9-14(13)20-6-2)15(18)17(4)10-11(3)16/h7-9,11H,5-6,10H2,1-4H3. The first-order chi connectivity index (χ1) is 9.49. The molecule has 1 atom stereocenters. The number of hydrogen-bond donors (Lipinski definition) is 0. The Bertz CT molecular complexity index is 449. The minimum Gasteiger partial charge on any atom is -0.490 e. The second-order valence-corrected chi connectivity index (χ2v) is 6.06. The van der Waals surface area contributed by atoms with Crippen LogP contribution in [0.1, 0.15) is 31.1 Å². The molecule has 0 N–H and O–H groups in total. The Balaban J connectivity index is 2.95. The van der Waals surface area contributed by atoms with Gasteiger partial charge in [-0.15, -0.1) is 0 Å². The van der Waals surface area contributed by atoms with E-state index < -0.39 is 0 Å². The molecule has 1 rings (SSSR count). The van der Waals surface area contributed by atoms with Crippen LogP contribution in [0.25, 0.3) is 0 Å². The zero-order valence-electron chi connectivity index (χ0n) is 12.5. The summed E-state index contributed by atoms with van der Waals surface area (Å²) in [5, 5.41) is 0. The number of alkyl halides is 1. The van der Waals surface area contributed by atoms with Crippen LogP contribution in [0.2, 0.25) is 0 Å². The minimum absolute atomic E-state index is 0.0275. The molecule has 0 radical (unpaired) electrons. The van der Waals surface area contributed by atoms with Crippen LogP contribution in [0.15, 0.2) is 18.2 Å². The highest BCUT2D eigenvalue weighted by atomic mass is 79.9. The Labute approximate surface area is 129 Å². The van der Waals surface area contributed by atoms with Gasteiger partial charge in [-0.05, 0) is 32.0 Å². The summed E-state index contributed by atoms with van der Waals surface area (Å²) in [6.45, 7) is 7.58. The molecule has 0 saturated heterocycles. The van der Waals surface area contributed by atoms with Gasteiger partial charge in [-0.25, -0.2) is 0 Å². The summed E-state index contributed by atoms with van der Waals surface area (Å²) in [4.78, 5) is 14.3. The smallest absolute Gasteiger partial charge is 0.253 e. The number of amides is 1. The second kappa shape index (κ2) is 8.15. The lowest BCUT2D eigenvalue weighted by Gasteiger charge is -2.19. The van der Waals surface area contributed by atoms with E-state index in [1.807, 2.05) is 20.8 Å². The van der Waals surface area contributed by atoms with Gasteiger partial charge in [0.2, 0.25) is 0 Å². The van der Waals surface area contributed by atoms with Crippen LogP contribution in [0, 0.1) is 0 Å². The number of nitrogens with zero attached hydrogens (tertiary/aromatic N) is 1. The highest BCUT2D eigenvalue weighted by molar-refractivity contribution is 9.09. The summed E-state index contributed by atoms with van der Waals surface area (Å²) in [5.74, 6) is 1.25. The van der Waals surface area contributed by atoms with Gasteiger partial charge in [0.1, 0.15) is 0 Å². The van der Waals surface area contributed by atoms with Crippen LogP contribution < -0.4 is 9.47 Å². The molecule has 0 spiro atoms. The van der Waals surface area contributed by atoms with E-state index in [-0.39, 0.29) is 10.7 Å². The number of halogens is 1. The quantitative estimate of drug-likeness (QED) is 0.712. The fourth-order valence-corrected chi connectivity index (χ4v) is 2.30. The zero-order valence-corrected chi connectivity index (χ0v) is 14.1. The Morgan fingerprint density at radius 3 is 2.40 bits per heavy atom. The molecule has 5 heteroatoms. The molecule has 0 aromatic heterocycles. The van der Waals surface area contributed by atoms with Gasteiger partial charge in [-0.1, -0.05) is 22.9 Å². The van der Waals surface area contributed by atoms with Gasteiger partial charge in [-0.2, -0.15) is 0 Å².